The highest BCUT2D eigenvalue weighted by Gasteiger charge is 2.30. The van der Waals surface area contributed by atoms with Crippen LogP contribution in [0.3, 0.4) is 0 Å². The molecule has 0 aliphatic heterocycles. The second-order valence-corrected chi connectivity index (χ2v) is 6.87. The van der Waals surface area contributed by atoms with Crippen LogP contribution in [0.5, 0.6) is 6.01 Å². The first-order valence-electron chi connectivity index (χ1n) is 8.64. The number of rotatable bonds is 9. The van der Waals surface area contributed by atoms with Crippen LogP contribution < -0.4 is 4.52 Å². The quantitative estimate of drug-likeness (QED) is 0.461. The van der Waals surface area contributed by atoms with E-state index >= 15 is 0 Å². The Morgan fingerprint density at radius 3 is 2.19 bits per heavy atom. The molecule has 27 heavy (non-hydrogen) atoms. The number of carbonyl (C=O) groups is 1. The number of benzene rings is 1. The number of nitrogens with zero attached hydrogens (tertiary/aromatic N) is 2. The fourth-order valence-electron chi connectivity index (χ4n) is 2.35. The van der Waals surface area contributed by atoms with Crippen LogP contribution in [-0.4, -0.2) is 35.8 Å². The van der Waals surface area contributed by atoms with Crippen LogP contribution >= 0.6 is 7.82 Å². The second-order valence-electron chi connectivity index (χ2n) is 5.28. The van der Waals surface area contributed by atoms with Crippen molar-refractivity contribution in [2.24, 2.45) is 0 Å². The van der Waals surface area contributed by atoms with Gasteiger partial charge in [0.15, 0.2) is 0 Å². The van der Waals surface area contributed by atoms with Crippen molar-refractivity contribution in [2.45, 2.75) is 27.7 Å². The zero-order valence-corrected chi connectivity index (χ0v) is 16.7. The van der Waals surface area contributed by atoms with E-state index in [9.17, 15) is 9.36 Å². The molecule has 1 aromatic carbocycles. The van der Waals surface area contributed by atoms with E-state index in [0.29, 0.717) is 17.0 Å². The van der Waals surface area contributed by atoms with E-state index in [1.54, 1.807) is 39.8 Å². The van der Waals surface area contributed by atoms with E-state index in [2.05, 4.69) is 9.97 Å². The number of hydrogen-bond acceptors (Lipinski definition) is 8. The highest BCUT2D eigenvalue weighted by molar-refractivity contribution is 7.48. The molecule has 0 amide bonds. The lowest BCUT2D eigenvalue weighted by atomic mass is 10.0. The van der Waals surface area contributed by atoms with Gasteiger partial charge < -0.3 is 9.26 Å². The molecule has 1 aromatic heterocycles. The first-order chi connectivity index (χ1) is 12.9. The normalized spacial score (nSPS) is 11.3. The molecule has 0 saturated heterocycles. The van der Waals surface area contributed by atoms with Crippen molar-refractivity contribution in [3.05, 3.63) is 41.6 Å². The highest BCUT2D eigenvalue weighted by Crippen LogP contribution is 2.48. The summed E-state index contributed by atoms with van der Waals surface area (Å²) in [5, 5.41) is 0. The predicted octanol–water partition coefficient (Wildman–Crippen LogP) is 4.19. The van der Waals surface area contributed by atoms with Crippen LogP contribution in [0, 0.1) is 6.92 Å². The standard InChI is InChI=1S/C18H23N2O6P/c1-5-23-17(21)15-13(4)19-18(26-27(22,24-6-2)25-7-3)20-16(15)14-11-9-8-10-12-14/h8-12H,5-7H2,1-4H3. The number of carbonyl (C=O) groups excluding carboxylic acids is 1. The number of aromatic nitrogens is 2. The summed E-state index contributed by atoms with van der Waals surface area (Å²) in [5.41, 5.74) is 1.53. The Morgan fingerprint density at radius 1 is 1.00 bits per heavy atom. The van der Waals surface area contributed by atoms with Gasteiger partial charge in [0.1, 0.15) is 5.56 Å². The predicted molar refractivity (Wildman–Crippen MR) is 99.6 cm³/mol. The Kier molecular flexibility index (Phi) is 7.47. The number of aryl methyl sites for hydroxylation is 1. The number of phosphoric acid groups is 1. The fourth-order valence-corrected chi connectivity index (χ4v) is 3.44. The van der Waals surface area contributed by atoms with Crippen LogP contribution in [0.4, 0.5) is 0 Å². The van der Waals surface area contributed by atoms with Gasteiger partial charge in [0, 0.05) is 5.56 Å². The summed E-state index contributed by atoms with van der Waals surface area (Å²) < 4.78 is 33.3. The van der Waals surface area contributed by atoms with Crippen molar-refractivity contribution in [3.63, 3.8) is 0 Å². The average molecular weight is 394 g/mol. The maximum absolute atomic E-state index is 12.6. The first kappa shape index (κ1) is 21.0. The van der Waals surface area contributed by atoms with Crippen molar-refractivity contribution in [3.8, 4) is 17.3 Å². The van der Waals surface area contributed by atoms with Crippen LogP contribution in [0.15, 0.2) is 30.3 Å². The molecule has 0 fully saturated rings. The summed E-state index contributed by atoms with van der Waals surface area (Å²) in [6.07, 6.45) is 0. The SMILES string of the molecule is CCOC(=O)c1c(C)nc(OP(=O)(OCC)OCC)nc1-c1ccccc1. The monoisotopic (exact) mass is 394 g/mol. The summed E-state index contributed by atoms with van der Waals surface area (Å²) in [4.78, 5) is 20.8. The molecule has 0 N–H and O–H groups in total. The lowest BCUT2D eigenvalue weighted by Crippen LogP contribution is -2.13. The minimum absolute atomic E-state index is 0.128. The van der Waals surface area contributed by atoms with E-state index in [-0.39, 0.29) is 31.4 Å². The molecule has 0 aliphatic carbocycles. The van der Waals surface area contributed by atoms with E-state index in [4.69, 9.17) is 18.3 Å². The third kappa shape index (κ3) is 5.35. The molecule has 0 aliphatic rings. The molecule has 146 valence electrons. The van der Waals surface area contributed by atoms with E-state index in [1.165, 1.54) is 0 Å². The van der Waals surface area contributed by atoms with Gasteiger partial charge in [-0.2, -0.15) is 9.97 Å². The molecule has 2 aromatic rings. The van der Waals surface area contributed by atoms with Gasteiger partial charge >= 0.3 is 19.8 Å². The van der Waals surface area contributed by atoms with Gasteiger partial charge in [0.2, 0.25) is 0 Å². The molecule has 9 heteroatoms. The average Bonchev–Trinajstić information content (AvgIpc) is 2.62. The molecule has 0 spiro atoms. The lowest BCUT2D eigenvalue weighted by molar-refractivity contribution is 0.0525. The minimum atomic E-state index is -3.87. The smallest absolute Gasteiger partial charge is 0.462 e. The van der Waals surface area contributed by atoms with Crippen molar-refractivity contribution in [1.29, 1.82) is 0 Å². The summed E-state index contributed by atoms with van der Waals surface area (Å²) in [7, 11) is -3.87. The fraction of sp³-hybridized carbons (Fsp3) is 0.389. The molecule has 8 nitrogen and oxygen atoms in total. The van der Waals surface area contributed by atoms with Gasteiger partial charge in [-0.15, -0.1) is 0 Å². The Labute approximate surface area is 158 Å². The van der Waals surface area contributed by atoms with Crippen LogP contribution in [-0.2, 0) is 18.3 Å². The third-order valence-corrected chi connectivity index (χ3v) is 4.90. The Bertz CT molecular complexity index is 818. The maximum Gasteiger partial charge on any atom is 0.532 e. The topological polar surface area (TPSA) is 96.8 Å². The number of phosphoric ester groups is 1. The van der Waals surface area contributed by atoms with Crippen LogP contribution in [0.2, 0.25) is 0 Å². The van der Waals surface area contributed by atoms with Gasteiger partial charge in [-0.1, -0.05) is 30.3 Å². The molecule has 0 atom stereocenters. The van der Waals surface area contributed by atoms with Gasteiger partial charge in [-0.05, 0) is 27.7 Å². The number of hydrogen-bond donors (Lipinski definition) is 0. The molecule has 1 heterocycles. The van der Waals surface area contributed by atoms with E-state index in [1.807, 2.05) is 18.2 Å². The summed E-state index contributed by atoms with van der Waals surface area (Å²) in [6.45, 7) is 7.15. The largest absolute Gasteiger partial charge is 0.532 e. The molecule has 0 saturated carbocycles. The van der Waals surface area contributed by atoms with Crippen molar-refractivity contribution in [2.75, 3.05) is 19.8 Å². The summed E-state index contributed by atoms with van der Waals surface area (Å²) >= 11 is 0. The molecule has 0 bridgehead atoms. The van der Waals surface area contributed by atoms with Crippen LogP contribution in [0.1, 0.15) is 36.8 Å². The molecule has 2 rings (SSSR count). The lowest BCUT2D eigenvalue weighted by Gasteiger charge is -2.17. The molecule has 0 unspecified atom stereocenters. The Morgan fingerprint density at radius 2 is 1.63 bits per heavy atom. The molecular formula is C18H23N2O6P. The second kappa shape index (κ2) is 9.60. The van der Waals surface area contributed by atoms with Gasteiger partial charge in [0.25, 0.3) is 0 Å². The van der Waals surface area contributed by atoms with Gasteiger partial charge in [-0.25, -0.2) is 9.36 Å². The maximum atomic E-state index is 12.6. The molecular weight excluding hydrogens is 371 g/mol. The van der Waals surface area contributed by atoms with Crippen molar-refractivity contribution < 1.29 is 27.7 Å². The highest BCUT2D eigenvalue weighted by atomic mass is 31.2. The zero-order valence-electron chi connectivity index (χ0n) is 15.8. The molecule has 0 radical (unpaired) electrons. The minimum Gasteiger partial charge on any atom is -0.462 e. The summed E-state index contributed by atoms with van der Waals surface area (Å²) in [5.74, 6) is -0.543. The van der Waals surface area contributed by atoms with Crippen molar-refractivity contribution >= 4 is 13.8 Å². The number of ether oxygens (including phenoxy) is 1. The summed E-state index contributed by atoms with van der Waals surface area (Å²) in [6, 6.07) is 8.85. The van der Waals surface area contributed by atoms with Crippen LogP contribution in [0.25, 0.3) is 11.3 Å². The third-order valence-electron chi connectivity index (χ3n) is 3.36. The number of esters is 1. The Balaban J connectivity index is 2.54. The zero-order chi connectivity index (χ0) is 19.9. The van der Waals surface area contributed by atoms with Gasteiger partial charge in [0.05, 0.1) is 31.2 Å². The van der Waals surface area contributed by atoms with E-state index in [0.717, 1.165) is 0 Å². The Hall–Kier alpha value is -2.28. The van der Waals surface area contributed by atoms with Crippen molar-refractivity contribution in [1.82, 2.24) is 9.97 Å². The van der Waals surface area contributed by atoms with Gasteiger partial charge in [-0.3, -0.25) is 9.05 Å². The first-order valence-corrected chi connectivity index (χ1v) is 10.1. The van der Waals surface area contributed by atoms with E-state index < -0.39 is 13.8 Å².